The van der Waals surface area contributed by atoms with Gasteiger partial charge in [0, 0.05) is 31.1 Å². The monoisotopic (exact) mass is 390 g/mol. The summed E-state index contributed by atoms with van der Waals surface area (Å²) in [5.74, 6) is 1.36. The fourth-order valence-corrected chi connectivity index (χ4v) is 3.70. The van der Waals surface area contributed by atoms with Crippen LogP contribution in [0, 0.1) is 11.8 Å². The number of likely N-dealkylation sites (N-methyl/N-ethyl adjacent to an activating group) is 1. The average Bonchev–Trinajstić information content (AvgIpc) is 2.71. The molecule has 0 bridgehead atoms. The minimum absolute atomic E-state index is 0.0141. The van der Waals surface area contributed by atoms with Crippen molar-refractivity contribution in [2.75, 3.05) is 21.3 Å². The molecule has 6 heteroatoms. The second kappa shape index (κ2) is 10.3. The molecule has 1 aromatic rings. The van der Waals surface area contributed by atoms with E-state index in [4.69, 9.17) is 9.47 Å². The van der Waals surface area contributed by atoms with Crippen LogP contribution in [0.1, 0.15) is 51.5 Å². The lowest BCUT2D eigenvalue weighted by atomic mass is 9.88. The highest BCUT2D eigenvalue weighted by Gasteiger charge is 2.30. The Hall–Kier alpha value is -2.24. The molecule has 0 unspecified atom stereocenters. The number of methoxy groups -OCH3 is 2. The van der Waals surface area contributed by atoms with Crippen LogP contribution in [0.3, 0.4) is 0 Å². The summed E-state index contributed by atoms with van der Waals surface area (Å²) >= 11 is 0. The normalized spacial score (nSPS) is 15.8. The van der Waals surface area contributed by atoms with Gasteiger partial charge in [0.05, 0.1) is 14.2 Å². The molecule has 0 radical (unpaired) electrons. The third-order valence-electron chi connectivity index (χ3n) is 5.48. The predicted octanol–water partition coefficient (Wildman–Crippen LogP) is 3.38. The second-order valence-corrected chi connectivity index (χ2v) is 7.94. The molecule has 0 saturated heterocycles. The van der Waals surface area contributed by atoms with Crippen LogP contribution >= 0.6 is 0 Å². The van der Waals surface area contributed by atoms with E-state index in [2.05, 4.69) is 5.32 Å². The van der Waals surface area contributed by atoms with E-state index >= 15 is 0 Å². The molecule has 1 aliphatic carbocycles. The molecule has 1 aromatic carbocycles. The van der Waals surface area contributed by atoms with Crippen molar-refractivity contribution in [3.63, 3.8) is 0 Å². The molecule has 0 spiro atoms. The molecule has 156 valence electrons. The number of benzene rings is 1. The maximum absolute atomic E-state index is 13.1. The van der Waals surface area contributed by atoms with E-state index in [-0.39, 0.29) is 23.7 Å². The van der Waals surface area contributed by atoms with Crippen LogP contribution in [0.15, 0.2) is 18.2 Å². The van der Waals surface area contributed by atoms with Crippen LogP contribution in [-0.4, -0.2) is 44.0 Å². The van der Waals surface area contributed by atoms with Gasteiger partial charge in [0.2, 0.25) is 11.8 Å². The van der Waals surface area contributed by atoms with Crippen molar-refractivity contribution >= 4 is 11.8 Å². The zero-order valence-electron chi connectivity index (χ0n) is 17.8. The van der Waals surface area contributed by atoms with Crippen molar-refractivity contribution in [2.45, 2.75) is 58.5 Å². The molecule has 1 aliphatic rings. The Kier molecular flexibility index (Phi) is 8.15. The Morgan fingerprint density at radius 2 is 1.82 bits per heavy atom. The smallest absolute Gasteiger partial charge is 0.245 e. The molecule has 0 heterocycles. The number of hydrogen-bond donors (Lipinski definition) is 1. The molecule has 0 aromatic heterocycles. The van der Waals surface area contributed by atoms with Gasteiger partial charge in [-0.3, -0.25) is 9.59 Å². The number of amides is 2. The first-order chi connectivity index (χ1) is 13.4. The summed E-state index contributed by atoms with van der Waals surface area (Å²) < 4.78 is 10.7. The number of carbonyl (C=O) groups is 2. The molecular formula is C22H34N2O4. The Morgan fingerprint density at radius 3 is 2.39 bits per heavy atom. The van der Waals surface area contributed by atoms with E-state index in [9.17, 15) is 9.59 Å². The van der Waals surface area contributed by atoms with E-state index in [1.807, 2.05) is 26.0 Å². The van der Waals surface area contributed by atoms with Crippen LogP contribution < -0.4 is 14.8 Å². The quantitative estimate of drug-likeness (QED) is 0.739. The lowest BCUT2D eigenvalue weighted by Gasteiger charge is -2.30. The Bertz CT molecular complexity index is 669. The van der Waals surface area contributed by atoms with Gasteiger partial charge in [-0.2, -0.15) is 0 Å². The van der Waals surface area contributed by atoms with Crippen LogP contribution in [0.2, 0.25) is 0 Å². The standard InChI is InChI=1S/C22H34N2O4/c1-15(2)20(23-21(25)16-9-7-6-8-10-16)22(26)24(3)14-17-11-12-18(27-4)13-19(17)28-5/h11-13,15-16,20H,6-10,14H2,1-5H3,(H,23,25)/t20-/m1/s1. The number of nitrogens with one attached hydrogen (secondary N) is 1. The first kappa shape index (κ1) is 22.1. The topological polar surface area (TPSA) is 67.9 Å². The number of hydrogen-bond acceptors (Lipinski definition) is 4. The second-order valence-electron chi connectivity index (χ2n) is 7.94. The summed E-state index contributed by atoms with van der Waals surface area (Å²) in [4.78, 5) is 27.4. The van der Waals surface area contributed by atoms with Gasteiger partial charge in [0.25, 0.3) is 0 Å². The van der Waals surface area contributed by atoms with E-state index in [0.29, 0.717) is 18.0 Å². The highest BCUT2D eigenvalue weighted by Crippen LogP contribution is 2.26. The molecule has 1 atom stereocenters. The van der Waals surface area contributed by atoms with Gasteiger partial charge in [-0.15, -0.1) is 0 Å². The molecule has 28 heavy (non-hydrogen) atoms. The zero-order chi connectivity index (χ0) is 20.7. The number of ether oxygens (including phenoxy) is 2. The van der Waals surface area contributed by atoms with Crippen molar-refractivity contribution in [3.8, 4) is 11.5 Å². The highest BCUT2D eigenvalue weighted by molar-refractivity contribution is 5.88. The Morgan fingerprint density at radius 1 is 1.14 bits per heavy atom. The molecule has 1 fully saturated rings. The van der Waals surface area contributed by atoms with E-state index < -0.39 is 6.04 Å². The van der Waals surface area contributed by atoms with Gasteiger partial charge < -0.3 is 19.7 Å². The summed E-state index contributed by atoms with van der Waals surface area (Å²) in [6, 6.07) is 5.02. The molecular weight excluding hydrogens is 356 g/mol. The molecule has 2 rings (SSSR count). The van der Waals surface area contributed by atoms with E-state index in [0.717, 1.165) is 31.2 Å². The Balaban J connectivity index is 2.06. The third-order valence-corrected chi connectivity index (χ3v) is 5.48. The van der Waals surface area contributed by atoms with Gasteiger partial charge in [-0.25, -0.2) is 0 Å². The summed E-state index contributed by atoms with van der Waals surface area (Å²) in [6.45, 7) is 4.32. The number of rotatable bonds is 8. The molecule has 2 amide bonds. The Labute approximate surface area is 168 Å². The minimum atomic E-state index is -0.524. The van der Waals surface area contributed by atoms with Gasteiger partial charge >= 0.3 is 0 Å². The summed E-state index contributed by atoms with van der Waals surface area (Å²) in [5.41, 5.74) is 0.889. The largest absolute Gasteiger partial charge is 0.497 e. The third kappa shape index (κ3) is 5.63. The molecule has 1 N–H and O–H groups in total. The zero-order valence-corrected chi connectivity index (χ0v) is 17.8. The number of carbonyl (C=O) groups excluding carboxylic acids is 2. The lowest BCUT2D eigenvalue weighted by Crippen LogP contribution is -2.51. The van der Waals surface area contributed by atoms with Crippen molar-refractivity contribution < 1.29 is 19.1 Å². The van der Waals surface area contributed by atoms with Crippen molar-refractivity contribution in [3.05, 3.63) is 23.8 Å². The van der Waals surface area contributed by atoms with Crippen molar-refractivity contribution in [1.82, 2.24) is 10.2 Å². The fraction of sp³-hybridized carbons (Fsp3) is 0.636. The summed E-state index contributed by atoms with van der Waals surface area (Å²) in [7, 11) is 4.96. The maximum atomic E-state index is 13.1. The lowest BCUT2D eigenvalue weighted by molar-refractivity contribution is -0.138. The van der Waals surface area contributed by atoms with E-state index in [1.165, 1.54) is 6.42 Å². The highest BCUT2D eigenvalue weighted by atomic mass is 16.5. The predicted molar refractivity (Wildman–Crippen MR) is 109 cm³/mol. The molecule has 6 nitrogen and oxygen atoms in total. The van der Waals surface area contributed by atoms with Crippen LogP contribution in [-0.2, 0) is 16.1 Å². The fourth-order valence-electron chi connectivity index (χ4n) is 3.70. The van der Waals surface area contributed by atoms with Crippen molar-refractivity contribution in [1.29, 1.82) is 0 Å². The average molecular weight is 391 g/mol. The van der Waals surface area contributed by atoms with Gasteiger partial charge in [0.15, 0.2) is 0 Å². The molecule has 0 aliphatic heterocycles. The summed E-state index contributed by atoms with van der Waals surface area (Å²) in [6.07, 6.45) is 5.22. The van der Waals surface area contributed by atoms with Gasteiger partial charge in [-0.05, 0) is 30.9 Å². The maximum Gasteiger partial charge on any atom is 0.245 e. The van der Waals surface area contributed by atoms with Gasteiger partial charge in [0.1, 0.15) is 17.5 Å². The summed E-state index contributed by atoms with van der Waals surface area (Å²) in [5, 5.41) is 3.02. The van der Waals surface area contributed by atoms with Crippen molar-refractivity contribution in [2.24, 2.45) is 11.8 Å². The first-order valence-corrected chi connectivity index (χ1v) is 10.1. The first-order valence-electron chi connectivity index (χ1n) is 10.1. The molecule has 1 saturated carbocycles. The number of nitrogens with zero attached hydrogens (tertiary/aromatic N) is 1. The van der Waals surface area contributed by atoms with Crippen LogP contribution in [0.25, 0.3) is 0 Å². The van der Waals surface area contributed by atoms with Crippen LogP contribution in [0.5, 0.6) is 11.5 Å². The van der Waals surface area contributed by atoms with E-state index in [1.54, 1.807) is 32.2 Å². The van der Waals surface area contributed by atoms with Gasteiger partial charge in [-0.1, -0.05) is 33.1 Å². The van der Waals surface area contributed by atoms with Crippen LogP contribution in [0.4, 0.5) is 0 Å². The SMILES string of the molecule is COc1ccc(CN(C)C(=O)[C@H](NC(=O)C2CCCCC2)C(C)C)c(OC)c1. The minimum Gasteiger partial charge on any atom is -0.497 e.